The molecule has 0 atom stereocenters. The van der Waals surface area contributed by atoms with Crippen LogP contribution in [0.4, 0.5) is 0 Å². The maximum atomic E-state index is 8.09. The van der Waals surface area contributed by atoms with Crippen molar-refractivity contribution in [1.29, 1.82) is 0 Å². The molecule has 0 bridgehead atoms. The summed E-state index contributed by atoms with van der Waals surface area (Å²) in [5.41, 5.74) is 1.94. The molecule has 0 aliphatic heterocycles. The number of rotatable bonds is 1. The summed E-state index contributed by atoms with van der Waals surface area (Å²) >= 11 is 3.44. The minimum absolute atomic E-state index is 0.681. The molecule has 0 saturated carbocycles. The first-order valence-corrected chi connectivity index (χ1v) is 5.34. The summed E-state index contributed by atoms with van der Waals surface area (Å²) in [6.07, 6.45) is 0. The molecular weight excluding hydrogens is 240 g/mol. The standard InChI is InChI=1S/C11H13BrN2/c1-7(2)14-8(3)13-10-5-4-9(12)6-11(10)14/h4-7H,1-3H3/i7D. The van der Waals surface area contributed by atoms with Crippen LogP contribution in [0.1, 0.15) is 27.1 Å². The molecule has 0 radical (unpaired) electrons. The Morgan fingerprint density at radius 1 is 1.50 bits per heavy atom. The second-order valence-corrected chi connectivity index (χ2v) is 4.49. The average molecular weight is 254 g/mol. The lowest BCUT2D eigenvalue weighted by atomic mass is 10.3. The molecule has 0 saturated heterocycles. The predicted octanol–water partition coefficient (Wildman–Crippen LogP) is 3.69. The molecule has 0 N–H and O–H groups in total. The van der Waals surface area contributed by atoms with E-state index in [0.717, 1.165) is 21.3 Å². The van der Waals surface area contributed by atoms with Crippen molar-refractivity contribution in [1.82, 2.24) is 9.55 Å². The van der Waals surface area contributed by atoms with Crippen molar-refractivity contribution in [2.24, 2.45) is 0 Å². The van der Waals surface area contributed by atoms with Crippen molar-refractivity contribution in [3.05, 3.63) is 28.5 Å². The predicted molar refractivity (Wildman–Crippen MR) is 62.6 cm³/mol. The minimum Gasteiger partial charge on any atom is -0.326 e. The lowest BCUT2D eigenvalue weighted by molar-refractivity contribution is 0.600. The van der Waals surface area contributed by atoms with E-state index < -0.39 is 6.02 Å². The van der Waals surface area contributed by atoms with E-state index in [4.69, 9.17) is 1.37 Å². The smallest absolute Gasteiger partial charge is 0.106 e. The zero-order valence-electron chi connectivity index (χ0n) is 9.50. The molecule has 0 aliphatic rings. The largest absolute Gasteiger partial charge is 0.326 e. The molecule has 0 aliphatic carbocycles. The Kier molecular flexibility index (Phi) is 2.05. The van der Waals surface area contributed by atoms with Gasteiger partial charge in [-0.1, -0.05) is 15.9 Å². The van der Waals surface area contributed by atoms with E-state index in [-0.39, 0.29) is 0 Å². The summed E-state index contributed by atoms with van der Waals surface area (Å²) in [6, 6.07) is 5.26. The van der Waals surface area contributed by atoms with Gasteiger partial charge in [-0.15, -0.1) is 0 Å². The molecule has 1 aromatic heterocycles. The van der Waals surface area contributed by atoms with Gasteiger partial charge in [-0.3, -0.25) is 0 Å². The summed E-state index contributed by atoms with van der Waals surface area (Å²) in [4.78, 5) is 4.44. The van der Waals surface area contributed by atoms with Gasteiger partial charge in [-0.2, -0.15) is 0 Å². The number of benzene rings is 1. The molecule has 2 nitrogen and oxygen atoms in total. The molecule has 0 amide bonds. The van der Waals surface area contributed by atoms with Gasteiger partial charge in [0.2, 0.25) is 0 Å². The first-order chi connectivity index (χ1) is 6.89. The summed E-state index contributed by atoms with van der Waals surface area (Å²) in [5.74, 6) is 0.878. The van der Waals surface area contributed by atoms with Crippen LogP contribution in [0.3, 0.4) is 0 Å². The number of hydrogen-bond acceptors (Lipinski definition) is 1. The monoisotopic (exact) mass is 253 g/mol. The molecule has 74 valence electrons. The number of imidazole rings is 1. The van der Waals surface area contributed by atoms with Gasteiger partial charge in [-0.05, 0) is 39.0 Å². The van der Waals surface area contributed by atoms with Gasteiger partial charge in [0.15, 0.2) is 0 Å². The Morgan fingerprint density at radius 3 is 2.86 bits per heavy atom. The molecular formula is C11H13BrN2. The first-order valence-electron chi connectivity index (χ1n) is 5.05. The van der Waals surface area contributed by atoms with Gasteiger partial charge in [0.05, 0.1) is 12.4 Å². The third-order valence-electron chi connectivity index (χ3n) is 2.23. The van der Waals surface area contributed by atoms with E-state index >= 15 is 0 Å². The fourth-order valence-electron chi connectivity index (χ4n) is 1.73. The molecule has 1 aromatic carbocycles. The van der Waals surface area contributed by atoms with E-state index in [0.29, 0.717) is 0 Å². The highest BCUT2D eigenvalue weighted by atomic mass is 79.9. The van der Waals surface area contributed by atoms with E-state index in [2.05, 4.69) is 20.9 Å². The Hall–Kier alpha value is -0.830. The zero-order valence-corrected chi connectivity index (χ0v) is 10.1. The topological polar surface area (TPSA) is 17.8 Å². The van der Waals surface area contributed by atoms with Crippen LogP contribution in [0.25, 0.3) is 11.0 Å². The fourth-order valence-corrected chi connectivity index (χ4v) is 2.08. The Balaban J connectivity index is 2.82. The maximum Gasteiger partial charge on any atom is 0.106 e. The number of aromatic nitrogens is 2. The molecule has 0 unspecified atom stereocenters. The third-order valence-corrected chi connectivity index (χ3v) is 2.72. The lowest BCUT2D eigenvalue weighted by Crippen LogP contribution is -2.02. The van der Waals surface area contributed by atoms with Crippen LogP contribution >= 0.6 is 15.9 Å². The van der Waals surface area contributed by atoms with Gasteiger partial charge in [0.25, 0.3) is 0 Å². The molecule has 2 rings (SSSR count). The molecule has 1 heterocycles. The highest BCUT2D eigenvalue weighted by molar-refractivity contribution is 9.10. The van der Waals surface area contributed by atoms with Crippen LogP contribution in [-0.2, 0) is 0 Å². The van der Waals surface area contributed by atoms with Crippen molar-refractivity contribution in [3.63, 3.8) is 0 Å². The van der Waals surface area contributed by atoms with Gasteiger partial charge in [0, 0.05) is 10.5 Å². The summed E-state index contributed by atoms with van der Waals surface area (Å²) in [6.45, 7) is 5.66. The van der Waals surface area contributed by atoms with E-state index in [1.807, 2.05) is 43.5 Å². The highest BCUT2D eigenvalue weighted by Gasteiger charge is 2.09. The van der Waals surface area contributed by atoms with Crippen LogP contribution in [0.2, 0.25) is 0 Å². The Morgan fingerprint density at radius 2 is 2.21 bits per heavy atom. The molecule has 2 aromatic rings. The van der Waals surface area contributed by atoms with Crippen LogP contribution in [0.5, 0.6) is 0 Å². The zero-order chi connectivity index (χ0) is 11.2. The number of nitrogens with zero attached hydrogens (tertiary/aromatic N) is 2. The molecule has 3 heteroatoms. The lowest BCUT2D eigenvalue weighted by Gasteiger charge is -2.10. The van der Waals surface area contributed by atoms with Crippen molar-refractivity contribution in [2.45, 2.75) is 26.8 Å². The number of halogens is 1. The van der Waals surface area contributed by atoms with Crippen molar-refractivity contribution < 1.29 is 1.37 Å². The second-order valence-electron chi connectivity index (χ2n) is 3.57. The Bertz CT molecular complexity index is 511. The molecule has 0 fully saturated rings. The maximum absolute atomic E-state index is 8.09. The number of aryl methyl sites for hydroxylation is 1. The number of hydrogen-bond donors (Lipinski definition) is 0. The quantitative estimate of drug-likeness (QED) is 0.758. The number of fused-ring (bicyclic) bond motifs is 1. The summed E-state index contributed by atoms with van der Waals surface area (Å²) in [5, 5.41) is 0. The minimum atomic E-state index is -0.681. The first kappa shape index (κ1) is 8.48. The van der Waals surface area contributed by atoms with Crippen LogP contribution in [0, 0.1) is 6.92 Å². The van der Waals surface area contributed by atoms with Crippen molar-refractivity contribution >= 4 is 27.0 Å². The van der Waals surface area contributed by atoms with Crippen LogP contribution in [0.15, 0.2) is 22.7 Å². The van der Waals surface area contributed by atoms with Gasteiger partial charge < -0.3 is 4.57 Å². The second kappa shape index (κ2) is 3.39. The summed E-state index contributed by atoms with van der Waals surface area (Å²) < 4.78 is 11.0. The fraction of sp³-hybridized carbons (Fsp3) is 0.364. The van der Waals surface area contributed by atoms with Gasteiger partial charge in [0.1, 0.15) is 5.82 Å². The highest BCUT2D eigenvalue weighted by Crippen LogP contribution is 2.23. The van der Waals surface area contributed by atoms with Crippen LogP contribution < -0.4 is 0 Å². The molecule has 14 heavy (non-hydrogen) atoms. The van der Waals surface area contributed by atoms with Gasteiger partial charge in [-0.25, -0.2) is 4.98 Å². The summed E-state index contributed by atoms with van der Waals surface area (Å²) in [7, 11) is 0. The SMILES string of the molecule is [2H]C(C)(C)n1c(C)nc2ccc(Br)cc21. The molecule has 0 spiro atoms. The Labute approximate surface area is 93.5 Å². The van der Waals surface area contributed by atoms with Crippen molar-refractivity contribution in [3.8, 4) is 0 Å². The van der Waals surface area contributed by atoms with E-state index in [1.165, 1.54) is 0 Å². The van der Waals surface area contributed by atoms with E-state index in [9.17, 15) is 0 Å². The van der Waals surface area contributed by atoms with Crippen molar-refractivity contribution in [2.75, 3.05) is 0 Å². The average Bonchev–Trinajstić information content (AvgIpc) is 2.38. The third kappa shape index (κ3) is 1.46. The van der Waals surface area contributed by atoms with E-state index in [1.54, 1.807) is 0 Å². The van der Waals surface area contributed by atoms with Gasteiger partial charge >= 0.3 is 0 Å². The van der Waals surface area contributed by atoms with Crippen LogP contribution in [-0.4, -0.2) is 9.55 Å². The normalized spacial score (nSPS) is 13.3.